The van der Waals surface area contributed by atoms with Crippen molar-refractivity contribution >= 4 is 39.6 Å². The van der Waals surface area contributed by atoms with Gasteiger partial charge in [0.2, 0.25) is 5.43 Å². The van der Waals surface area contributed by atoms with Gasteiger partial charge in [-0.3, -0.25) is 9.36 Å². The van der Waals surface area contributed by atoms with E-state index in [1.54, 1.807) is 42.1 Å². The molecule has 0 aliphatic rings. The van der Waals surface area contributed by atoms with Crippen molar-refractivity contribution < 1.29 is 9.53 Å². The maximum absolute atomic E-state index is 12.5. The van der Waals surface area contributed by atoms with Crippen LogP contribution in [0, 0.1) is 3.83 Å². The first-order valence-corrected chi connectivity index (χ1v) is 7.86. The normalized spacial score (nSPS) is 10.7. The lowest BCUT2D eigenvalue weighted by Crippen LogP contribution is -2.21. The average molecular weight is 422 g/mol. The zero-order valence-electron chi connectivity index (χ0n) is 12.1. The van der Waals surface area contributed by atoms with Crippen LogP contribution in [0.5, 0.6) is 0 Å². The first kappa shape index (κ1) is 15.5. The Balaban J connectivity index is 2.34. The quantitative estimate of drug-likeness (QED) is 0.365. The maximum Gasteiger partial charge on any atom is 0.343 e. The fourth-order valence-electron chi connectivity index (χ4n) is 2.15. The highest BCUT2D eigenvalue weighted by Crippen LogP contribution is 2.15. The number of carbonyl (C=O) groups is 1. The number of hydrogen-bond acceptors (Lipinski definition) is 6. The lowest BCUT2D eigenvalue weighted by Gasteiger charge is -2.11. The predicted molar refractivity (Wildman–Crippen MR) is 91.6 cm³/mol. The third kappa shape index (κ3) is 2.93. The molecule has 0 amide bonds. The maximum atomic E-state index is 12.5. The van der Waals surface area contributed by atoms with Crippen LogP contribution in [0.4, 0.5) is 0 Å². The molecule has 0 fully saturated rings. The number of halogens is 1. The molecule has 116 valence electrons. The number of pyridine rings is 2. The Labute approximate surface area is 144 Å². The summed E-state index contributed by atoms with van der Waals surface area (Å²) in [5.41, 5.74) is -0.0485. The van der Waals surface area contributed by atoms with Crippen LogP contribution in [-0.4, -0.2) is 32.1 Å². The van der Waals surface area contributed by atoms with Gasteiger partial charge in [0, 0.05) is 41.2 Å². The van der Waals surface area contributed by atoms with Crippen molar-refractivity contribution in [2.24, 2.45) is 0 Å². The molecule has 3 heterocycles. The summed E-state index contributed by atoms with van der Waals surface area (Å²) in [4.78, 5) is 37.2. The summed E-state index contributed by atoms with van der Waals surface area (Å²) in [5.74, 6) is -0.153. The van der Waals surface area contributed by atoms with Crippen LogP contribution in [0.25, 0.3) is 16.9 Å². The van der Waals surface area contributed by atoms with Crippen molar-refractivity contribution in [2.75, 3.05) is 6.61 Å². The van der Waals surface area contributed by atoms with Crippen molar-refractivity contribution in [3.05, 3.63) is 56.4 Å². The highest BCUT2D eigenvalue weighted by Gasteiger charge is 2.18. The van der Waals surface area contributed by atoms with Crippen molar-refractivity contribution in [3.63, 3.8) is 0 Å². The van der Waals surface area contributed by atoms with Crippen LogP contribution >= 0.6 is 22.6 Å². The van der Waals surface area contributed by atoms with E-state index in [1.165, 1.54) is 6.20 Å². The van der Waals surface area contributed by atoms with E-state index in [4.69, 9.17) is 4.74 Å². The third-order valence-electron chi connectivity index (χ3n) is 3.12. The number of fused-ring (bicyclic) bond motifs is 1. The van der Waals surface area contributed by atoms with Crippen LogP contribution in [0.1, 0.15) is 17.3 Å². The largest absolute Gasteiger partial charge is 0.462 e. The standard InChI is InChI=1S/C15H11IN4O3/c1-2-23-14(22)10-8-20(11-5-7-18-15(16)19-11)13-9(12(10)21)4-3-6-17-13/h3-8H,2H2,1H3. The molecule has 0 radical (unpaired) electrons. The second-order valence-corrected chi connectivity index (χ2v) is 5.49. The number of hydrogen-bond donors (Lipinski definition) is 0. The van der Waals surface area contributed by atoms with Gasteiger partial charge in [0.25, 0.3) is 0 Å². The number of nitrogens with zero attached hydrogens (tertiary/aromatic N) is 4. The van der Waals surface area contributed by atoms with E-state index >= 15 is 0 Å². The number of aromatic nitrogens is 4. The summed E-state index contributed by atoms with van der Waals surface area (Å²) in [6.07, 6.45) is 4.59. The molecule has 7 nitrogen and oxygen atoms in total. The Morgan fingerprint density at radius 2 is 2.13 bits per heavy atom. The van der Waals surface area contributed by atoms with Gasteiger partial charge in [-0.1, -0.05) is 0 Å². The molecule has 3 rings (SSSR count). The Bertz CT molecular complexity index is 955. The van der Waals surface area contributed by atoms with Crippen molar-refractivity contribution in [1.82, 2.24) is 19.5 Å². The second kappa shape index (κ2) is 6.41. The van der Waals surface area contributed by atoms with Crippen LogP contribution in [-0.2, 0) is 4.74 Å². The number of ether oxygens (including phenoxy) is 1. The fourth-order valence-corrected chi connectivity index (χ4v) is 2.56. The first-order chi connectivity index (χ1) is 11.1. The molecule has 3 aromatic heterocycles. The summed E-state index contributed by atoms with van der Waals surface area (Å²) < 4.78 is 7.10. The van der Waals surface area contributed by atoms with Crippen molar-refractivity contribution in [2.45, 2.75) is 6.92 Å². The Morgan fingerprint density at radius 3 is 2.87 bits per heavy atom. The summed E-state index contributed by atoms with van der Waals surface area (Å²) in [7, 11) is 0. The molecule has 3 aromatic rings. The van der Waals surface area contributed by atoms with Gasteiger partial charge >= 0.3 is 5.97 Å². The monoisotopic (exact) mass is 422 g/mol. The second-order valence-electron chi connectivity index (χ2n) is 4.52. The Morgan fingerprint density at radius 1 is 1.30 bits per heavy atom. The summed E-state index contributed by atoms with van der Waals surface area (Å²) in [5, 5.41) is 0.326. The minimum absolute atomic E-state index is 0.0547. The SMILES string of the molecule is CCOC(=O)c1cn(-c2ccnc(I)n2)c2ncccc2c1=O. The van der Waals surface area contributed by atoms with Gasteiger partial charge in [-0.05, 0) is 25.1 Å². The van der Waals surface area contributed by atoms with Gasteiger partial charge in [-0.15, -0.1) is 0 Å². The molecule has 0 saturated carbocycles. The number of rotatable bonds is 3. The van der Waals surface area contributed by atoms with E-state index in [9.17, 15) is 9.59 Å². The van der Waals surface area contributed by atoms with E-state index in [1.807, 2.05) is 22.6 Å². The lowest BCUT2D eigenvalue weighted by atomic mass is 10.2. The molecule has 23 heavy (non-hydrogen) atoms. The van der Waals surface area contributed by atoms with Gasteiger partial charge in [0.05, 0.1) is 12.0 Å². The Hall–Kier alpha value is -2.36. The molecule has 0 bridgehead atoms. The average Bonchev–Trinajstić information content (AvgIpc) is 2.55. The molecular formula is C15H11IN4O3. The molecular weight excluding hydrogens is 411 g/mol. The minimum Gasteiger partial charge on any atom is -0.462 e. The fraction of sp³-hybridized carbons (Fsp3) is 0.133. The zero-order valence-corrected chi connectivity index (χ0v) is 14.2. The predicted octanol–water partition coefficient (Wildman–Crippen LogP) is 1.96. The van der Waals surface area contributed by atoms with E-state index in [2.05, 4.69) is 15.0 Å². The van der Waals surface area contributed by atoms with E-state index in [-0.39, 0.29) is 12.2 Å². The van der Waals surface area contributed by atoms with Crippen LogP contribution < -0.4 is 5.43 Å². The molecule has 0 aliphatic carbocycles. The van der Waals surface area contributed by atoms with E-state index < -0.39 is 11.4 Å². The Kier molecular flexibility index (Phi) is 4.33. The third-order valence-corrected chi connectivity index (χ3v) is 3.64. The van der Waals surface area contributed by atoms with E-state index in [0.717, 1.165) is 0 Å². The summed E-state index contributed by atoms with van der Waals surface area (Å²) in [6.45, 7) is 1.88. The first-order valence-electron chi connectivity index (χ1n) is 6.78. The molecule has 0 saturated heterocycles. The topological polar surface area (TPSA) is 87.0 Å². The molecule has 0 N–H and O–H groups in total. The van der Waals surface area contributed by atoms with Gasteiger partial charge < -0.3 is 4.74 Å². The van der Waals surface area contributed by atoms with Gasteiger partial charge in [-0.2, -0.15) is 0 Å². The highest BCUT2D eigenvalue weighted by atomic mass is 127. The van der Waals surface area contributed by atoms with Crippen molar-refractivity contribution in [3.8, 4) is 5.82 Å². The smallest absolute Gasteiger partial charge is 0.343 e. The van der Waals surface area contributed by atoms with Gasteiger partial charge in [0.1, 0.15) is 17.0 Å². The van der Waals surface area contributed by atoms with Crippen LogP contribution in [0.2, 0.25) is 0 Å². The number of esters is 1. The molecule has 0 aromatic carbocycles. The highest BCUT2D eigenvalue weighted by molar-refractivity contribution is 14.1. The molecule has 0 unspecified atom stereocenters. The zero-order chi connectivity index (χ0) is 16.4. The molecule has 0 aliphatic heterocycles. The van der Waals surface area contributed by atoms with E-state index in [0.29, 0.717) is 20.7 Å². The van der Waals surface area contributed by atoms with Gasteiger partial charge in [0.15, 0.2) is 3.83 Å². The lowest BCUT2D eigenvalue weighted by molar-refractivity contribution is 0.0524. The summed E-state index contributed by atoms with van der Waals surface area (Å²) in [6, 6.07) is 4.94. The summed E-state index contributed by atoms with van der Waals surface area (Å²) >= 11 is 1.99. The van der Waals surface area contributed by atoms with Crippen molar-refractivity contribution in [1.29, 1.82) is 0 Å². The number of carbonyl (C=O) groups excluding carboxylic acids is 1. The molecule has 8 heteroatoms. The van der Waals surface area contributed by atoms with Crippen LogP contribution in [0.3, 0.4) is 0 Å². The minimum atomic E-state index is -0.666. The van der Waals surface area contributed by atoms with Crippen LogP contribution in [0.15, 0.2) is 41.6 Å². The molecule has 0 spiro atoms. The molecule has 0 atom stereocenters. The van der Waals surface area contributed by atoms with Gasteiger partial charge in [-0.25, -0.2) is 19.7 Å².